The zero-order valence-corrected chi connectivity index (χ0v) is 15.0. The summed E-state index contributed by atoms with van der Waals surface area (Å²) in [6.07, 6.45) is 0. The minimum Gasteiger partial charge on any atom is -0.506 e. The van der Waals surface area contributed by atoms with Crippen molar-refractivity contribution in [1.82, 2.24) is 15.2 Å². The van der Waals surface area contributed by atoms with E-state index in [4.69, 9.17) is 5.73 Å². The molecule has 26 heavy (non-hydrogen) atoms. The normalized spacial score (nSPS) is 11.4. The summed E-state index contributed by atoms with van der Waals surface area (Å²) in [5.74, 6) is -0.956. The first-order valence-corrected chi connectivity index (χ1v) is 8.31. The number of nitrogens with zero attached hydrogens (tertiary/aromatic N) is 1. The maximum atomic E-state index is 12.7. The molecule has 0 saturated carbocycles. The van der Waals surface area contributed by atoms with Gasteiger partial charge < -0.3 is 26.0 Å². The van der Waals surface area contributed by atoms with Gasteiger partial charge in [0.25, 0.3) is 5.91 Å². The Morgan fingerprint density at radius 1 is 1.27 bits per heavy atom. The van der Waals surface area contributed by atoms with Crippen LogP contribution in [0.25, 0.3) is 21.8 Å². The van der Waals surface area contributed by atoms with E-state index in [1.165, 1.54) is 0 Å². The molecule has 0 fully saturated rings. The first-order chi connectivity index (χ1) is 12.3. The Kier molecular flexibility index (Phi) is 4.56. The van der Waals surface area contributed by atoms with Crippen LogP contribution < -0.4 is 11.1 Å². The van der Waals surface area contributed by atoms with Crippen LogP contribution in [0, 0.1) is 6.92 Å². The number of H-pyrrole nitrogens is 1. The van der Waals surface area contributed by atoms with Crippen LogP contribution in [0.3, 0.4) is 0 Å². The monoisotopic (exact) mass is 354 g/mol. The lowest BCUT2D eigenvalue weighted by molar-refractivity contribution is 0.0934. The van der Waals surface area contributed by atoms with Crippen molar-refractivity contribution in [2.75, 3.05) is 27.2 Å². The Balaban J connectivity index is 2.22. The second-order valence-electron chi connectivity index (χ2n) is 6.61. The minimum atomic E-state index is -0.683. The van der Waals surface area contributed by atoms with E-state index in [2.05, 4.69) is 10.3 Å². The first kappa shape index (κ1) is 17.8. The second-order valence-corrected chi connectivity index (χ2v) is 6.61. The number of nitrogens with one attached hydrogen (secondary N) is 2. The van der Waals surface area contributed by atoms with Crippen LogP contribution in [0.2, 0.25) is 0 Å². The Bertz CT molecular complexity index is 1020. The maximum Gasteiger partial charge on any atom is 0.252 e. The number of phenols is 1. The third-order valence-electron chi connectivity index (χ3n) is 4.42. The van der Waals surface area contributed by atoms with Gasteiger partial charge in [-0.1, -0.05) is 12.1 Å². The summed E-state index contributed by atoms with van der Waals surface area (Å²) in [6.45, 7) is 2.98. The fraction of sp³-hybridized carbons (Fsp3) is 0.263. The highest BCUT2D eigenvalue weighted by molar-refractivity contribution is 6.23. The molecular formula is C19H22N4O3. The Labute approximate surface area is 150 Å². The number of rotatable bonds is 5. The summed E-state index contributed by atoms with van der Waals surface area (Å²) in [5.41, 5.74) is 8.01. The van der Waals surface area contributed by atoms with Crippen LogP contribution in [-0.4, -0.2) is 54.0 Å². The van der Waals surface area contributed by atoms with E-state index >= 15 is 0 Å². The van der Waals surface area contributed by atoms with Crippen molar-refractivity contribution < 1.29 is 14.7 Å². The average molecular weight is 354 g/mol. The van der Waals surface area contributed by atoms with E-state index in [-0.39, 0.29) is 22.8 Å². The number of aromatic nitrogens is 1. The van der Waals surface area contributed by atoms with Crippen LogP contribution in [-0.2, 0) is 0 Å². The number of amides is 2. The molecule has 0 unspecified atom stereocenters. The number of benzene rings is 2. The maximum absolute atomic E-state index is 12.7. The van der Waals surface area contributed by atoms with Gasteiger partial charge in [-0.3, -0.25) is 9.59 Å². The largest absolute Gasteiger partial charge is 0.506 e. The van der Waals surface area contributed by atoms with Crippen molar-refractivity contribution in [3.63, 3.8) is 0 Å². The molecule has 5 N–H and O–H groups in total. The third-order valence-corrected chi connectivity index (χ3v) is 4.42. The summed E-state index contributed by atoms with van der Waals surface area (Å²) >= 11 is 0. The fourth-order valence-electron chi connectivity index (χ4n) is 3.18. The van der Waals surface area contributed by atoms with Gasteiger partial charge in [0.2, 0.25) is 5.91 Å². The molecule has 7 heteroatoms. The van der Waals surface area contributed by atoms with Crippen LogP contribution in [0.4, 0.5) is 0 Å². The summed E-state index contributed by atoms with van der Waals surface area (Å²) in [6, 6.07) is 6.69. The highest BCUT2D eigenvalue weighted by atomic mass is 16.3. The number of aromatic hydroxyl groups is 1. The zero-order valence-electron chi connectivity index (χ0n) is 15.0. The van der Waals surface area contributed by atoms with E-state index in [1.54, 1.807) is 24.3 Å². The molecule has 0 aliphatic heterocycles. The average Bonchev–Trinajstić information content (AvgIpc) is 2.95. The SMILES string of the molecule is Cc1cc(C(=O)NCCN(C)C)c(C(N)=O)c2c1[nH]c1c(O)cccc12. The summed E-state index contributed by atoms with van der Waals surface area (Å²) in [5, 5.41) is 14.1. The molecule has 3 aromatic rings. The van der Waals surface area contributed by atoms with Crippen LogP contribution >= 0.6 is 0 Å². The molecule has 2 amide bonds. The van der Waals surface area contributed by atoms with Gasteiger partial charge in [-0.25, -0.2) is 0 Å². The summed E-state index contributed by atoms with van der Waals surface area (Å²) in [7, 11) is 3.82. The predicted octanol–water partition coefficient (Wildman–Crippen LogP) is 1.73. The standard InChI is InChI=1S/C19H22N4O3/c1-10-9-12(19(26)21-7-8-23(2)3)15(18(20)25)14-11-5-4-6-13(24)17(11)22-16(10)14/h4-6,9,22,24H,7-8H2,1-3H3,(H2,20,25)(H,21,26). The molecular weight excluding hydrogens is 332 g/mol. The van der Waals surface area contributed by atoms with Crippen LogP contribution in [0.15, 0.2) is 24.3 Å². The Morgan fingerprint density at radius 3 is 2.65 bits per heavy atom. The summed E-state index contributed by atoms with van der Waals surface area (Å²) < 4.78 is 0. The number of hydrogen-bond donors (Lipinski definition) is 4. The smallest absolute Gasteiger partial charge is 0.252 e. The number of fused-ring (bicyclic) bond motifs is 3. The van der Waals surface area contributed by atoms with Crippen molar-refractivity contribution >= 4 is 33.6 Å². The molecule has 2 aromatic carbocycles. The molecule has 0 saturated heterocycles. The number of likely N-dealkylation sites (N-methyl/N-ethyl adjacent to an activating group) is 1. The molecule has 0 aliphatic rings. The molecule has 0 bridgehead atoms. The van der Waals surface area contributed by atoms with E-state index in [0.717, 1.165) is 5.56 Å². The van der Waals surface area contributed by atoms with Gasteiger partial charge in [-0.2, -0.15) is 0 Å². The van der Waals surface area contributed by atoms with Gasteiger partial charge in [-0.15, -0.1) is 0 Å². The number of phenolic OH excluding ortho intramolecular Hbond substituents is 1. The molecule has 3 rings (SSSR count). The Hall–Kier alpha value is -3.06. The lowest BCUT2D eigenvalue weighted by Gasteiger charge is -2.13. The topological polar surface area (TPSA) is 111 Å². The number of hydrogen-bond acceptors (Lipinski definition) is 4. The first-order valence-electron chi connectivity index (χ1n) is 8.31. The van der Waals surface area contributed by atoms with E-state index in [1.807, 2.05) is 25.9 Å². The molecule has 7 nitrogen and oxygen atoms in total. The van der Waals surface area contributed by atoms with E-state index < -0.39 is 5.91 Å². The molecule has 1 heterocycles. The highest BCUT2D eigenvalue weighted by Crippen LogP contribution is 2.36. The quantitative estimate of drug-likeness (QED) is 0.559. The number of para-hydroxylation sites is 1. The third kappa shape index (κ3) is 2.97. The highest BCUT2D eigenvalue weighted by Gasteiger charge is 2.23. The van der Waals surface area contributed by atoms with Crippen molar-refractivity contribution in [2.24, 2.45) is 5.73 Å². The molecule has 0 spiro atoms. The van der Waals surface area contributed by atoms with Crippen LogP contribution in [0.5, 0.6) is 5.75 Å². The number of aryl methyl sites for hydroxylation is 1. The van der Waals surface area contributed by atoms with Crippen LogP contribution in [0.1, 0.15) is 26.3 Å². The second kappa shape index (κ2) is 6.68. The number of nitrogens with two attached hydrogens (primary N) is 1. The van der Waals surface area contributed by atoms with Gasteiger partial charge in [0.05, 0.1) is 22.2 Å². The van der Waals surface area contributed by atoms with Crippen molar-refractivity contribution in [1.29, 1.82) is 0 Å². The predicted molar refractivity (Wildman–Crippen MR) is 102 cm³/mol. The molecule has 0 atom stereocenters. The fourth-order valence-corrected chi connectivity index (χ4v) is 3.18. The van der Waals surface area contributed by atoms with Crippen molar-refractivity contribution in [3.05, 3.63) is 41.0 Å². The number of carbonyl (C=O) groups is 2. The van der Waals surface area contributed by atoms with Gasteiger partial charge in [0.15, 0.2) is 0 Å². The Morgan fingerprint density at radius 2 is 2.00 bits per heavy atom. The molecule has 136 valence electrons. The van der Waals surface area contributed by atoms with E-state index in [0.29, 0.717) is 34.9 Å². The summed E-state index contributed by atoms with van der Waals surface area (Å²) in [4.78, 5) is 30.0. The molecule has 0 aliphatic carbocycles. The van der Waals surface area contributed by atoms with Gasteiger partial charge in [0, 0.05) is 23.9 Å². The molecule has 0 radical (unpaired) electrons. The number of carbonyl (C=O) groups excluding carboxylic acids is 2. The number of primary amides is 1. The van der Waals surface area contributed by atoms with Gasteiger partial charge >= 0.3 is 0 Å². The van der Waals surface area contributed by atoms with Crippen molar-refractivity contribution in [2.45, 2.75) is 6.92 Å². The van der Waals surface area contributed by atoms with Crippen molar-refractivity contribution in [3.8, 4) is 5.75 Å². The van der Waals surface area contributed by atoms with E-state index in [9.17, 15) is 14.7 Å². The zero-order chi connectivity index (χ0) is 19.0. The van der Waals surface area contributed by atoms with Gasteiger partial charge in [0.1, 0.15) is 5.75 Å². The minimum absolute atomic E-state index is 0.0745. The lowest BCUT2D eigenvalue weighted by Crippen LogP contribution is -2.32. The van der Waals surface area contributed by atoms with Gasteiger partial charge in [-0.05, 0) is 38.7 Å². The lowest BCUT2D eigenvalue weighted by atomic mass is 9.96. The molecule has 1 aromatic heterocycles. The number of aromatic amines is 1.